The van der Waals surface area contributed by atoms with Gasteiger partial charge in [0, 0.05) is 12.2 Å². The average molecular weight is 274 g/mol. The van der Waals surface area contributed by atoms with Gasteiger partial charge in [-0.3, -0.25) is 0 Å². The smallest absolute Gasteiger partial charge is 0.243 e. The highest BCUT2D eigenvalue weighted by molar-refractivity contribution is 5.44. The minimum Gasteiger partial charge on any atom is -0.352 e. The predicted molar refractivity (Wildman–Crippen MR) is 84.1 cm³/mol. The van der Waals surface area contributed by atoms with Crippen LogP contribution in [0.3, 0.4) is 0 Å². The molecule has 0 radical (unpaired) electrons. The summed E-state index contributed by atoms with van der Waals surface area (Å²) in [6, 6.07) is 6.04. The van der Waals surface area contributed by atoms with Crippen molar-refractivity contribution >= 4 is 11.6 Å². The normalized spacial score (nSPS) is 12.0. The molecule has 0 spiro atoms. The molecule has 2 heterocycles. The van der Waals surface area contributed by atoms with E-state index in [-0.39, 0.29) is 5.41 Å². The van der Waals surface area contributed by atoms with Gasteiger partial charge in [-0.1, -0.05) is 46.1 Å². The monoisotopic (exact) mass is 274 g/mol. The van der Waals surface area contributed by atoms with Crippen molar-refractivity contribution in [3.8, 4) is 0 Å². The first-order valence-electron chi connectivity index (χ1n) is 7.58. The van der Waals surface area contributed by atoms with Crippen molar-refractivity contribution in [2.45, 2.75) is 53.4 Å². The quantitative estimate of drug-likeness (QED) is 0.774. The Morgan fingerprint density at radius 2 is 2.05 bits per heavy atom. The van der Waals surface area contributed by atoms with Gasteiger partial charge in [0.1, 0.15) is 0 Å². The summed E-state index contributed by atoms with van der Waals surface area (Å²) in [5.74, 6) is 0.725. The van der Waals surface area contributed by atoms with Crippen LogP contribution in [0.2, 0.25) is 0 Å². The Morgan fingerprint density at radius 3 is 2.75 bits per heavy atom. The van der Waals surface area contributed by atoms with E-state index in [2.05, 4.69) is 36.2 Å². The third kappa shape index (κ3) is 3.71. The number of aromatic nitrogens is 3. The van der Waals surface area contributed by atoms with Crippen LogP contribution in [-0.4, -0.2) is 21.1 Å². The zero-order valence-corrected chi connectivity index (χ0v) is 13.1. The Labute approximate surface area is 121 Å². The highest BCUT2D eigenvalue weighted by atomic mass is 15.3. The molecule has 0 atom stereocenters. The number of aryl methyl sites for hydroxylation is 1. The fraction of sp³-hybridized carbons (Fsp3) is 0.625. The summed E-state index contributed by atoms with van der Waals surface area (Å²) in [4.78, 5) is 4.51. The Bertz CT molecular complexity index is 557. The van der Waals surface area contributed by atoms with Gasteiger partial charge < -0.3 is 5.32 Å². The van der Waals surface area contributed by atoms with Gasteiger partial charge in [-0.2, -0.15) is 4.98 Å². The number of rotatable bonds is 7. The zero-order valence-electron chi connectivity index (χ0n) is 13.1. The minimum atomic E-state index is 0.279. The van der Waals surface area contributed by atoms with E-state index in [1.807, 2.05) is 29.6 Å². The van der Waals surface area contributed by atoms with Crippen molar-refractivity contribution in [2.24, 2.45) is 5.41 Å². The van der Waals surface area contributed by atoms with E-state index in [1.165, 1.54) is 25.7 Å². The first-order chi connectivity index (χ1) is 9.52. The molecule has 0 aromatic carbocycles. The van der Waals surface area contributed by atoms with Crippen LogP contribution in [0.4, 0.5) is 5.95 Å². The highest BCUT2D eigenvalue weighted by Crippen LogP contribution is 2.24. The standard InChI is InChI=1S/C16H26N4/c1-5-6-7-11-16(3,4)12-17-15-18-14-10-8-9-13(2)20(14)19-15/h8-10H,5-7,11-12H2,1-4H3,(H,17,19). The Hall–Kier alpha value is -1.58. The molecule has 0 aliphatic carbocycles. The van der Waals surface area contributed by atoms with Crippen LogP contribution in [0.5, 0.6) is 0 Å². The lowest BCUT2D eigenvalue weighted by atomic mass is 9.87. The molecule has 0 bridgehead atoms. The van der Waals surface area contributed by atoms with Gasteiger partial charge in [0.05, 0.1) is 0 Å². The summed E-state index contributed by atoms with van der Waals surface area (Å²) in [5.41, 5.74) is 2.28. The number of hydrogen-bond acceptors (Lipinski definition) is 3. The molecule has 0 unspecified atom stereocenters. The molecular formula is C16H26N4. The summed E-state index contributed by atoms with van der Waals surface area (Å²) >= 11 is 0. The van der Waals surface area contributed by atoms with Gasteiger partial charge >= 0.3 is 0 Å². The second-order valence-electron chi connectivity index (χ2n) is 6.35. The number of nitrogens with zero attached hydrogens (tertiary/aromatic N) is 3. The van der Waals surface area contributed by atoms with Gasteiger partial charge in [-0.15, -0.1) is 5.10 Å². The molecule has 4 heteroatoms. The number of hydrogen-bond donors (Lipinski definition) is 1. The van der Waals surface area contributed by atoms with Crippen molar-refractivity contribution in [1.82, 2.24) is 14.6 Å². The lowest BCUT2D eigenvalue weighted by Crippen LogP contribution is -2.23. The van der Waals surface area contributed by atoms with Gasteiger partial charge in [0.15, 0.2) is 5.65 Å². The van der Waals surface area contributed by atoms with Crippen molar-refractivity contribution in [1.29, 1.82) is 0 Å². The third-order valence-corrected chi connectivity index (χ3v) is 3.73. The molecule has 0 aliphatic rings. The van der Waals surface area contributed by atoms with Crippen LogP contribution in [-0.2, 0) is 0 Å². The Kier molecular flexibility index (Phi) is 4.63. The topological polar surface area (TPSA) is 42.2 Å². The Balaban J connectivity index is 1.96. The van der Waals surface area contributed by atoms with Crippen molar-refractivity contribution in [3.63, 3.8) is 0 Å². The molecule has 2 aromatic heterocycles. The molecule has 2 rings (SSSR count). The number of pyridine rings is 1. The lowest BCUT2D eigenvalue weighted by Gasteiger charge is -2.24. The van der Waals surface area contributed by atoms with E-state index in [9.17, 15) is 0 Å². The molecule has 0 amide bonds. The molecule has 0 saturated carbocycles. The van der Waals surface area contributed by atoms with Crippen LogP contribution in [0, 0.1) is 12.3 Å². The summed E-state index contributed by atoms with van der Waals surface area (Å²) in [6.07, 6.45) is 5.12. The largest absolute Gasteiger partial charge is 0.352 e. The highest BCUT2D eigenvalue weighted by Gasteiger charge is 2.18. The van der Waals surface area contributed by atoms with Crippen LogP contribution >= 0.6 is 0 Å². The zero-order chi connectivity index (χ0) is 14.6. The molecule has 110 valence electrons. The molecule has 0 aliphatic heterocycles. The first kappa shape index (κ1) is 14.8. The molecule has 0 fully saturated rings. The van der Waals surface area contributed by atoms with E-state index in [4.69, 9.17) is 0 Å². The lowest BCUT2D eigenvalue weighted by molar-refractivity contribution is 0.342. The van der Waals surface area contributed by atoms with E-state index in [0.29, 0.717) is 0 Å². The predicted octanol–water partition coefficient (Wildman–Crippen LogP) is 4.06. The molecule has 4 nitrogen and oxygen atoms in total. The second kappa shape index (κ2) is 6.25. The van der Waals surface area contributed by atoms with Crippen molar-refractivity contribution in [2.75, 3.05) is 11.9 Å². The van der Waals surface area contributed by atoms with E-state index >= 15 is 0 Å². The van der Waals surface area contributed by atoms with Gasteiger partial charge in [-0.05, 0) is 30.9 Å². The van der Waals surface area contributed by atoms with Crippen molar-refractivity contribution < 1.29 is 0 Å². The summed E-state index contributed by atoms with van der Waals surface area (Å²) < 4.78 is 1.88. The fourth-order valence-corrected chi connectivity index (χ4v) is 2.37. The summed E-state index contributed by atoms with van der Waals surface area (Å²) in [7, 11) is 0. The molecular weight excluding hydrogens is 248 g/mol. The number of unbranched alkanes of at least 4 members (excludes halogenated alkanes) is 2. The minimum absolute atomic E-state index is 0.279. The van der Waals surface area contributed by atoms with Gasteiger partial charge in [-0.25, -0.2) is 4.52 Å². The Morgan fingerprint density at radius 1 is 1.25 bits per heavy atom. The number of anilines is 1. The second-order valence-corrected chi connectivity index (χ2v) is 6.35. The SMILES string of the molecule is CCCCCC(C)(C)CNc1nc2cccc(C)n2n1. The number of nitrogens with one attached hydrogen (secondary N) is 1. The third-order valence-electron chi connectivity index (χ3n) is 3.73. The van der Waals surface area contributed by atoms with Gasteiger partial charge in [0.25, 0.3) is 0 Å². The van der Waals surface area contributed by atoms with E-state index in [1.54, 1.807) is 0 Å². The molecule has 2 aromatic rings. The van der Waals surface area contributed by atoms with Crippen molar-refractivity contribution in [3.05, 3.63) is 23.9 Å². The maximum absolute atomic E-state index is 4.51. The van der Waals surface area contributed by atoms with Crippen LogP contribution in [0.1, 0.15) is 52.1 Å². The van der Waals surface area contributed by atoms with Crippen LogP contribution < -0.4 is 5.32 Å². The van der Waals surface area contributed by atoms with E-state index < -0.39 is 0 Å². The van der Waals surface area contributed by atoms with Gasteiger partial charge in [0.2, 0.25) is 5.95 Å². The number of fused-ring (bicyclic) bond motifs is 1. The summed E-state index contributed by atoms with van der Waals surface area (Å²) in [5, 5.41) is 7.89. The van der Waals surface area contributed by atoms with Crippen LogP contribution in [0.25, 0.3) is 5.65 Å². The molecule has 1 N–H and O–H groups in total. The van der Waals surface area contributed by atoms with Crippen LogP contribution in [0.15, 0.2) is 18.2 Å². The molecule has 20 heavy (non-hydrogen) atoms. The average Bonchev–Trinajstić information content (AvgIpc) is 2.81. The van der Waals surface area contributed by atoms with E-state index in [0.717, 1.165) is 23.8 Å². The maximum atomic E-state index is 4.51. The maximum Gasteiger partial charge on any atom is 0.243 e. The first-order valence-corrected chi connectivity index (χ1v) is 7.58. The fourth-order valence-electron chi connectivity index (χ4n) is 2.37. The molecule has 0 saturated heterocycles. The summed E-state index contributed by atoms with van der Waals surface area (Å²) in [6.45, 7) is 9.80.